The Morgan fingerprint density at radius 2 is 1.63 bits per heavy atom. The maximum atomic E-state index is 5.60. The van der Waals surface area contributed by atoms with E-state index in [2.05, 4.69) is 65.8 Å². The van der Waals surface area contributed by atoms with Gasteiger partial charge in [0.25, 0.3) is 0 Å². The molecule has 0 unspecified atom stereocenters. The van der Waals surface area contributed by atoms with E-state index in [1.165, 1.54) is 16.7 Å². The van der Waals surface area contributed by atoms with E-state index in [9.17, 15) is 0 Å². The molecule has 156 valence electrons. The van der Waals surface area contributed by atoms with Gasteiger partial charge in [-0.3, -0.25) is 0 Å². The Morgan fingerprint density at radius 1 is 0.900 bits per heavy atom. The first-order chi connectivity index (χ1) is 14.7. The number of ether oxygens (including phenoxy) is 3. The Kier molecular flexibility index (Phi) is 5.91. The Labute approximate surface area is 178 Å². The molecule has 3 aromatic rings. The number of aromatic nitrogens is 1. The molecule has 2 heterocycles. The summed E-state index contributed by atoms with van der Waals surface area (Å²) >= 11 is 0. The van der Waals surface area contributed by atoms with Gasteiger partial charge in [0, 0.05) is 29.8 Å². The molecule has 2 aromatic carbocycles. The first-order valence-electron chi connectivity index (χ1n) is 10.2. The van der Waals surface area contributed by atoms with Gasteiger partial charge in [0.2, 0.25) is 5.88 Å². The summed E-state index contributed by atoms with van der Waals surface area (Å²) in [5.41, 5.74) is 4.83. The van der Waals surface area contributed by atoms with Crippen LogP contribution in [0.15, 0.2) is 60.8 Å². The van der Waals surface area contributed by atoms with Gasteiger partial charge < -0.3 is 19.5 Å². The van der Waals surface area contributed by atoms with Crippen molar-refractivity contribution in [1.29, 1.82) is 0 Å². The van der Waals surface area contributed by atoms with Crippen molar-refractivity contribution in [1.82, 2.24) is 10.3 Å². The Bertz CT molecular complexity index is 1010. The summed E-state index contributed by atoms with van der Waals surface area (Å²) in [5, 5.41) is 3.87. The summed E-state index contributed by atoms with van der Waals surface area (Å²) in [7, 11) is 5.02. The summed E-state index contributed by atoms with van der Waals surface area (Å²) in [6.45, 7) is 2.26. The van der Waals surface area contributed by atoms with Gasteiger partial charge >= 0.3 is 0 Å². The van der Waals surface area contributed by atoms with E-state index in [4.69, 9.17) is 14.2 Å². The van der Waals surface area contributed by atoms with Crippen LogP contribution in [0.25, 0.3) is 0 Å². The van der Waals surface area contributed by atoms with Crippen LogP contribution in [0.2, 0.25) is 0 Å². The molecule has 1 aliphatic rings. The second-order valence-corrected chi connectivity index (χ2v) is 7.61. The van der Waals surface area contributed by atoms with Gasteiger partial charge in [-0.25, -0.2) is 4.98 Å². The zero-order valence-electron chi connectivity index (χ0n) is 17.9. The molecule has 1 N–H and O–H groups in total. The number of hydrogen-bond donors (Lipinski definition) is 1. The van der Waals surface area contributed by atoms with Crippen LogP contribution < -0.4 is 19.5 Å². The van der Waals surface area contributed by atoms with E-state index in [0.29, 0.717) is 5.88 Å². The predicted octanol–water partition coefficient (Wildman–Crippen LogP) is 4.84. The second kappa shape index (κ2) is 8.76. The highest BCUT2D eigenvalue weighted by Crippen LogP contribution is 2.44. The van der Waals surface area contributed by atoms with E-state index in [1.807, 2.05) is 6.07 Å². The molecule has 1 aliphatic heterocycles. The van der Waals surface area contributed by atoms with Crippen LogP contribution in [0.4, 0.5) is 0 Å². The van der Waals surface area contributed by atoms with Gasteiger partial charge in [-0.1, -0.05) is 43.3 Å². The SMILES string of the molecule is COc1cc2c(cc1OC)[C@@H]([C@H](C)c1ccccc1)N[C@@H](c1cccnc1OC)C2. The van der Waals surface area contributed by atoms with E-state index >= 15 is 0 Å². The third-order valence-electron chi connectivity index (χ3n) is 5.98. The molecule has 5 heteroatoms. The zero-order chi connectivity index (χ0) is 21.1. The minimum absolute atomic E-state index is 0.0791. The average molecular weight is 405 g/mol. The van der Waals surface area contributed by atoms with Crippen LogP contribution in [0.1, 0.15) is 47.2 Å². The number of pyridine rings is 1. The van der Waals surface area contributed by atoms with Gasteiger partial charge in [-0.15, -0.1) is 0 Å². The lowest BCUT2D eigenvalue weighted by Crippen LogP contribution is -2.36. The molecular formula is C25H28N2O3. The number of nitrogens with zero attached hydrogens (tertiary/aromatic N) is 1. The maximum absolute atomic E-state index is 5.60. The maximum Gasteiger partial charge on any atom is 0.217 e. The third kappa shape index (κ3) is 3.73. The van der Waals surface area contributed by atoms with Crippen molar-refractivity contribution < 1.29 is 14.2 Å². The molecule has 4 rings (SSSR count). The van der Waals surface area contributed by atoms with E-state index in [-0.39, 0.29) is 18.0 Å². The lowest BCUT2D eigenvalue weighted by Gasteiger charge is -2.37. The van der Waals surface area contributed by atoms with Gasteiger partial charge in [-0.05, 0) is 41.3 Å². The monoisotopic (exact) mass is 404 g/mol. The fourth-order valence-electron chi connectivity index (χ4n) is 4.39. The van der Waals surface area contributed by atoms with Gasteiger partial charge in [0.05, 0.1) is 21.3 Å². The molecule has 0 amide bonds. The standard InChI is InChI=1S/C25H28N2O3/c1-16(17-9-6-5-7-10-17)24-20-15-23(29-3)22(28-2)14-18(20)13-21(27-24)19-11-8-12-26-25(19)30-4/h5-12,14-16,21,24,27H,13H2,1-4H3/t16-,21-,24-/m1/s1. The molecule has 0 spiro atoms. The molecule has 0 radical (unpaired) electrons. The lowest BCUT2D eigenvalue weighted by molar-refractivity contribution is 0.335. The van der Waals surface area contributed by atoms with Crippen LogP contribution in [-0.2, 0) is 6.42 Å². The minimum atomic E-state index is 0.0791. The van der Waals surface area contributed by atoms with Crippen molar-refractivity contribution in [3.63, 3.8) is 0 Å². The highest BCUT2D eigenvalue weighted by atomic mass is 16.5. The van der Waals surface area contributed by atoms with Crippen LogP contribution in [0.3, 0.4) is 0 Å². The van der Waals surface area contributed by atoms with Gasteiger partial charge in [0.1, 0.15) is 0 Å². The topological polar surface area (TPSA) is 52.6 Å². The highest BCUT2D eigenvalue weighted by Gasteiger charge is 2.33. The number of hydrogen-bond acceptors (Lipinski definition) is 5. The first kappa shape index (κ1) is 20.2. The Balaban J connectivity index is 1.81. The summed E-state index contributed by atoms with van der Waals surface area (Å²) in [5.74, 6) is 2.42. The number of methoxy groups -OCH3 is 3. The zero-order valence-corrected chi connectivity index (χ0v) is 17.9. The molecule has 0 aliphatic carbocycles. The smallest absolute Gasteiger partial charge is 0.217 e. The summed E-state index contributed by atoms with van der Waals surface area (Å²) in [4.78, 5) is 4.41. The van der Waals surface area contributed by atoms with Crippen LogP contribution in [0.5, 0.6) is 17.4 Å². The van der Waals surface area contributed by atoms with Gasteiger partial charge in [0.15, 0.2) is 11.5 Å². The van der Waals surface area contributed by atoms with Crippen molar-refractivity contribution in [2.45, 2.75) is 31.3 Å². The molecule has 0 saturated carbocycles. The van der Waals surface area contributed by atoms with Crippen molar-refractivity contribution in [2.75, 3.05) is 21.3 Å². The first-order valence-corrected chi connectivity index (χ1v) is 10.2. The normalized spacial score (nSPS) is 18.9. The third-order valence-corrected chi connectivity index (χ3v) is 5.98. The molecule has 3 atom stereocenters. The lowest BCUT2D eigenvalue weighted by atomic mass is 9.80. The van der Waals surface area contributed by atoms with Crippen LogP contribution in [0, 0.1) is 0 Å². The fourth-order valence-corrected chi connectivity index (χ4v) is 4.39. The van der Waals surface area contributed by atoms with Gasteiger partial charge in [-0.2, -0.15) is 0 Å². The Hall–Kier alpha value is -3.05. The largest absolute Gasteiger partial charge is 0.493 e. The van der Waals surface area contributed by atoms with Crippen molar-refractivity contribution >= 4 is 0 Å². The number of rotatable bonds is 6. The molecule has 30 heavy (non-hydrogen) atoms. The molecule has 1 aromatic heterocycles. The van der Waals surface area contributed by atoms with Crippen LogP contribution in [-0.4, -0.2) is 26.3 Å². The summed E-state index contributed by atoms with van der Waals surface area (Å²) < 4.78 is 16.7. The quantitative estimate of drug-likeness (QED) is 0.637. The van der Waals surface area contributed by atoms with Crippen molar-refractivity contribution in [2.24, 2.45) is 0 Å². The number of fused-ring (bicyclic) bond motifs is 1. The molecule has 5 nitrogen and oxygen atoms in total. The summed E-state index contributed by atoms with van der Waals surface area (Å²) in [6.07, 6.45) is 2.58. The number of benzene rings is 2. The van der Waals surface area contributed by atoms with Crippen molar-refractivity contribution in [3.8, 4) is 17.4 Å². The molecular weight excluding hydrogens is 376 g/mol. The summed E-state index contributed by atoms with van der Waals surface area (Å²) in [6, 6.07) is 19.0. The van der Waals surface area contributed by atoms with Crippen LogP contribution >= 0.6 is 0 Å². The minimum Gasteiger partial charge on any atom is -0.493 e. The second-order valence-electron chi connectivity index (χ2n) is 7.61. The van der Waals surface area contributed by atoms with E-state index < -0.39 is 0 Å². The van der Waals surface area contributed by atoms with E-state index in [0.717, 1.165) is 23.5 Å². The van der Waals surface area contributed by atoms with E-state index in [1.54, 1.807) is 27.5 Å². The average Bonchev–Trinajstić information content (AvgIpc) is 2.82. The van der Waals surface area contributed by atoms with Crippen molar-refractivity contribution in [3.05, 3.63) is 83.0 Å². The highest BCUT2D eigenvalue weighted by molar-refractivity contribution is 5.51. The fraction of sp³-hybridized carbons (Fsp3) is 0.320. The predicted molar refractivity (Wildman–Crippen MR) is 118 cm³/mol. The molecule has 0 fully saturated rings. The Morgan fingerprint density at radius 3 is 2.33 bits per heavy atom. The molecule has 0 saturated heterocycles. The molecule has 0 bridgehead atoms. The number of nitrogens with one attached hydrogen (secondary N) is 1.